The highest BCUT2D eigenvalue weighted by molar-refractivity contribution is 5.80. The molecule has 2 heterocycles. The lowest BCUT2D eigenvalue weighted by Gasteiger charge is -2.32. The summed E-state index contributed by atoms with van der Waals surface area (Å²) in [5.41, 5.74) is 0.917. The average molecular weight is 289 g/mol. The van der Waals surface area contributed by atoms with E-state index in [1.165, 1.54) is 6.07 Å². The molecule has 1 aliphatic heterocycles. The van der Waals surface area contributed by atoms with Crippen LogP contribution in [0.25, 0.3) is 10.9 Å². The van der Waals surface area contributed by atoms with E-state index >= 15 is 0 Å². The van der Waals surface area contributed by atoms with Gasteiger partial charge in [-0.25, -0.2) is 0 Å². The number of rotatable bonds is 4. The Kier molecular flexibility index (Phi) is 3.85. The van der Waals surface area contributed by atoms with Crippen LogP contribution in [0.3, 0.4) is 0 Å². The van der Waals surface area contributed by atoms with E-state index in [9.17, 15) is 10.1 Å². The predicted molar refractivity (Wildman–Crippen MR) is 80.3 cm³/mol. The minimum Gasteiger partial charge on any atom is -0.304 e. The molecule has 7 nitrogen and oxygen atoms in total. The van der Waals surface area contributed by atoms with E-state index in [1.807, 2.05) is 10.9 Å². The van der Waals surface area contributed by atoms with Gasteiger partial charge in [0.1, 0.15) is 0 Å². The van der Waals surface area contributed by atoms with Crippen LogP contribution in [0.2, 0.25) is 0 Å². The number of nitro benzene ring substituents is 1. The maximum Gasteiger partial charge on any atom is 0.270 e. The molecule has 1 saturated heterocycles. The Labute approximate surface area is 122 Å². The summed E-state index contributed by atoms with van der Waals surface area (Å²) in [6, 6.07) is 4.79. The van der Waals surface area contributed by atoms with Gasteiger partial charge >= 0.3 is 0 Å². The Morgan fingerprint density at radius 1 is 1.24 bits per heavy atom. The van der Waals surface area contributed by atoms with Gasteiger partial charge in [0.15, 0.2) is 0 Å². The van der Waals surface area contributed by atoms with Gasteiger partial charge in [0.05, 0.1) is 17.0 Å². The third-order valence-corrected chi connectivity index (χ3v) is 3.99. The zero-order valence-corrected chi connectivity index (χ0v) is 12.1. The zero-order chi connectivity index (χ0) is 14.8. The summed E-state index contributed by atoms with van der Waals surface area (Å²) in [4.78, 5) is 15.2. The van der Waals surface area contributed by atoms with Gasteiger partial charge in [0, 0.05) is 56.4 Å². The summed E-state index contributed by atoms with van der Waals surface area (Å²) >= 11 is 0. The summed E-state index contributed by atoms with van der Waals surface area (Å²) in [6.45, 7) is 6.15. The molecular weight excluding hydrogens is 270 g/mol. The molecular formula is C14H19N5O2. The first-order valence-electron chi connectivity index (χ1n) is 7.14. The van der Waals surface area contributed by atoms with Gasteiger partial charge in [-0.3, -0.25) is 19.7 Å². The van der Waals surface area contributed by atoms with Gasteiger partial charge in [0.2, 0.25) is 0 Å². The van der Waals surface area contributed by atoms with E-state index in [0.29, 0.717) is 0 Å². The van der Waals surface area contributed by atoms with E-state index in [4.69, 9.17) is 0 Å². The third-order valence-electron chi connectivity index (χ3n) is 3.99. The fraction of sp³-hybridized carbons (Fsp3) is 0.500. The van der Waals surface area contributed by atoms with E-state index < -0.39 is 0 Å². The maximum atomic E-state index is 10.8. The topological polar surface area (TPSA) is 67.4 Å². The normalized spacial score (nSPS) is 17.4. The molecule has 0 atom stereocenters. The van der Waals surface area contributed by atoms with Crippen molar-refractivity contribution in [1.29, 1.82) is 0 Å². The van der Waals surface area contributed by atoms with Crippen molar-refractivity contribution in [3.05, 3.63) is 34.5 Å². The lowest BCUT2D eigenvalue weighted by Crippen LogP contribution is -2.45. The molecule has 0 aliphatic carbocycles. The standard InChI is InChI=1S/C14H19N5O2/c1-16-4-6-17(7-5-16)8-9-18-11-12-10-13(19(20)21)2-3-14(12)15-18/h2-3,10-11H,4-9H2,1H3. The first-order chi connectivity index (χ1) is 10.1. The number of hydrogen-bond donors (Lipinski definition) is 0. The molecule has 112 valence electrons. The first kappa shape index (κ1) is 14.0. The molecule has 0 bridgehead atoms. The van der Waals surface area contributed by atoms with Crippen molar-refractivity contribution in [2.75, 3.05) is 39.8 Å². The van der Waals surface area contributed by atoms with Crippen LogP contribution in [-0.2, 0) is 6.54 Å². The molecule has 0 spiro atoms. The smallest absolute Gasteiger partial charge is 0.270 e. The molecule has 0 N–H and O–H groups in total. The molecule has 0 radical (unpaired) electrons. The second kappa shape index (κ2) is 5.79. The first-order valence-corrected chi connectivity index (χ1v) is 7.14. The Morgan fingerprint density at radius 3 is 2.71 bits per heavy atom. The summed E-state index contributed by atoms with van der Waals surface area (Å²) in [5, 5.41) is 16.1. The lowest BCUT2D eigenvalue weighted by atomic mass is 10.2. The highest BCUT2D eigenvalue weighted by Crippen LogP contribution is 2.19. The van der Waals surface area contributed by atoms with Gasteiger partial charge < -0.3 is 4.90 Å². The number of nitro groups is 1. The van der Waals surface area contributed by atoms with Crippen LogP contribution in [0.5, 0.6) is 0 Å². The van der Waals surface area contributed by atoms with Crippen molar-refractivity contribution in [2.24, 2.45) is 0 Å². The van der Waals surface area contributed by atoms with E-state index in [1.54, 1.807) is 12.1 Å². The van der Waals surface area contributed by atoms with Gasteiger partial charge in [-0.05, 0) is 13.1 Å². The van der Waals surface area contributed by atoms with E-state index in [0.717, 1.165) is 50.2 Å². The molecule has 3 rings (SSSR count). The zero-order valence-electron chi connectivity index (χ0n) is 12.1. The molecule has 7 heteroatoms. The van der Waals surface area contributed by atoms with Gasteiger partial charge in [-0.15, -0.1) is 0 Å². The van der Waals surface area contributed by atoms with Crippen LogP contribution >= 0.6 is 0 Å². The Hall–Kier alpha value is -1.99. The average Bonchev–Trinajstić information content (AvgIpc) is 2.88. The summed E-state index contributed by atoms with van der Waals surface area (Å²) in [6.07, 6.45) is 1.89. The third kappa shape index (κ3) is 3.20. The van der Waals surface area contributed by atoms with Crippen molar-refractivity contribution in [3.8, 4) is 0 Å². The number of likely N-dealkylation sites (N-methyl/N-ethyl adjacent to an activating group) is 1. The molecule has 1 fully saturated rings. The minimum atomic E-state index is -0.374. The van der Waals surface area contributed by atoms with Crippen LogP contribution in [0.1, 0.15) is 0 Å². The van der Waals surface area contributed by atoms with Crippen molar-refractivity contribution in [1.82, 2.24) is 19.6 Å². The summed E-state index contributed by atoms with van der Waals surface area (Å²) in [5.74, 6) is 0. The summed E-state index contributed by atoms with van der Waals surface area (Å²) in [7, 11) is 2.14. The highest BCUT2D eigenvalue weighted by Gasteiger charge is 2.14. The van der Waals surface area contributed by atoms with Crippen molar-refractivity contribution in [3.63, 3.8) is 0 Å². The molecule has 0 amide bonds. The van der Waals surface area contributed by atoms with Crippen LogP contribution in [0.4, 0.5) is 5.69 Å². The second-order valence-corrected chi connectivity index (χ2v) is 5.54. The number of piperazine rings is 1. The van der Waals surface area contributed by atoms with Gasteiger partial charge in [0.25, 0.3) is 5.69 Å². The van der Waals surface area contributed by atoms with E-state index in [-0.39, 0.29) is 10.6 Å². The Morgan fingerprint density at radius 2 is 2.00 bits per heavy atom. The molecule has 2 aromatic rings. The maximum absolute atomic E-state index is 10.8. The Balaban J connectivity index is 1.66. The monoisotopic (exact) mass is 289 g/mol. The molecule has 0 unspecified atom stereocenters. The minimum absolute atomic E-state index is 0.112. The molecule has 1 aromatic heterocycles. The molecule has 21 heavy (non-hydrogen) atoms. The van der Waals surface area contributed by atoms with Crippen molar-refractivity contribution < 1.29 is 4.92 Å². The number of hydrogen-bond acceptors (Lipinski definition) is 5. The van der Waals surface area contributed by atoms with Crippen LogP contribution in [0, 0.1) is 10.1 Å². The quantitative estimate of drug-likeness (QED) is 0.625. The van der Waals surface area contributed by atoms with Gasteiger partial charge in [-0.2, -0.15) is 5.10 Å². The van der Waals surface area contributed by atoms with Crippen LogP contribution in [-0.4, -0.2) is 64.3 Å². The highest BCUT2D eigenvalue weighted by atomic mass is 16.6. The molecule has 0 saturated carbocycles. The molecule has 1 aliphatic rings. The summed E-state index contributed by atoms with van der Waals surface area (Å²) < 4.78 is 1.88. The largest absolute Gasteiger partial charge is 0.304 e. The van der Waals surface area contributed by atoms with Crippen LogP contribution in [0.15, 0.2) is 24.4 Å². The van der Waals surface area contributed by atoms with Crippen molar-refractivity contribution >= 4 is 16.6 Å². The SMILES string of the molecule is CN1CCN(CCn2cc3cc([N+](=O)[O-])ccc3n2)CC1. The number of benzene rings is 1. The second-order valence-electron chi connectivity index (χ2n) is 5.54. The number of non-ortho nitro benzene ring substituents is 1. The number of aromatic nitrogens is 2. The number of nitrogens with zero attached hydrogens (tertiary/aromatic N) is 5. The Bertz CT molecular complexity index is 646. The fourth-order valence-corrected chi connectivity index (χ4v) is 2.61. The predicted octanol–water partition coefficient (Wildman–Crippen LogP) is 1.19. The number of fused-ring (bicyclic) bond motifs is 1. The van der Waals surface area contributed by atoms with Crippen molar-refractivity contribution in [2.45, 2.75) is 6.54 Å². The lowest BCUT2D eigenvalue weighted by molar-refractivity contribution is -0.384. The van der Waals surface area contributed by atoms with E-state index in [2.05, 4.69) is 21.9 Å². The van der Waals surface area contributed by atoms with Crippen LogP contribution < -0.4 is 0 Å². The molecule has 1 aromatic carbocycles. The fourth-order valence-electron chi connectivity index (χ4n) is 2.61. The van der Waals surface area contributed by atoms with Gasteiger partial charge in [-0.1, -0.05) is 0 Å².